The molecule has 16 heavy (non-hydrogen) atoms. The fraction of sp³-hybridized carbons (Fsp3) is 0.364. The van der Waals surface area contributed by atoms with Crippen molar-refractivity contribution >= 4 is 17.6 Å². The highest BCUT2D eigenvalue weighted by molar-refractivity contribution is 5.91. The van der Waals surface area contributed by atoms with Crippen LogP contribution >= 0.6 is 0 Å². The van der Waals surface area contributed by atoms with Gasteiger partial charge in [0, 0.05) is 18.3 Å². The summed E-state index contributed by atoms with van der Waals surface area (Å²) in [5, 5.41) is 21.2. The lowest BCUT2D eigenvalue weighted by atomic mass is 10.1. The van der Waals surface area contributed by atoms with Gasteiger partial charge in [0.1, 0.15) is 0 Å². The summed E-state index contributed by atoms with van der Waals surface area (Å²) in [6.07, 6.45) is 1.93. The monoisotopic (exact) mass is 221 g/mol. The second kappa shape index (κ2) is 5.25. The van der Waals surface area contributed by atoms with Gasteiger partial charge in [0.25, 0.3) is 5.69 Å². The normalized spacial score (nSPS) is 11.9. The molecule has 0 aromatic heterocycles. The summed E-state index contributed by atoms with van der Waals surface area (Å²) in [4.78, 5) is 10.3. The molecule has 86 valence electrons. The topological polar surface area (TPSA) is 79.0 Å². The van der Waals surface area contributed by atoms with E-state index in [-0.39, 0.29) is 11.7 Å². The molecule has 1 aromatic carbocycles. The third-order valence-corrected chi connectivity index (χ3v) is 2.44. The highest BCUT2D eigenvalue weighted by Crippen LogP contribution is 2.25. The van der Waals surface area contributed by atoms with E-state index in [9.17, 15) is 10.1 Å². The molecular weight excluding hydrogens is 206 g/mol. The van der Waals surface area contributed by atoms with Gasteiger partial charge in [-0.05, 0) is 19.4 Å². The highest BCUT2D eigenvalue weighted by atomic mass is 16.6. The molecule has 2 N–H and O–H groups in total. The Balaban J connectivity index is 3.13. The second-order valence-electron chi connectivity index (χ2n) is 3.59. The van der Waals surface area contributed by atoms with Crippen LogP contribution in [0.5, 0.6) is 0 Å². The van der Waals surface area contributed by atoms with Gasteiger partial charge in [-0.1, -0.05) is 13.0 Å². The van der Waals surface area contributed by atoms with Crippen LogP contribution in [-0.4, -0.2) is 17.2 Å². The minimum atomic E-state index is -0.470. The average molecular weight is 221 g/mol. The molecule has 0 aliphatic heterocycles. The molecule has 0 amide bonds. The molecule has 0 bridgehead atoms. The van der Waals surface area contributed by atoms with Crippen LogP contribution in [-0.2, 0) is 0 Å². The minimum Gasteiger partial charge on any atom is -0.382 e. The van der Waals surface area contributed by atoms with Crippen LogP contribution < -0.4 is 5.32 Å². The predicted molar refractivity (Wildman–Crippen MR) is 64.4 cm³/mol. The Kier molecular flexibility index (Phi) is 3.99. The number of benzene rings is 1. The Morgan fingerprint density at radius 3 is 2.81 bits per heavy atom. The summed E-state index contributed by atoms with van der Waals surface area (Å²) in [6, 6.07) is 5.00. The maximum atomic E-state index is 10.8. The maximum absolute atomic E-state index is 10.8. The van der Waals surface area contributed by atoms with Crippen molar-refractivity contribution in [2.75, 3.05) is 5.32 Å². The largest absolute Gasteiger partial charge is 0.382 e. The lowest BCUT2D eigenvalue weighted by molar-refractivity contribution is -0.384. The number of rotatable bonds is 5. The van der Waals surface area contributed by atoms with E-state index in [1.165, 1.54) is 6.07 Å². The van der Waals surface area contributed by atoms with Crippen molar-refractivity contribution in [3.8, 4) is 0 Å². The van der Waals surface area contributed by atoms with Crippen LogP contribution in [0.1, 0.15) is 25.8 Å². The summed E-state index contributed by atoms with van der Waals surface area (Å²) >= 11 is 0. The van der Waals surface area contributed by atoms with Crippen molar-refractivity contribution < 1.29 is 4.92 Å². The van der Waals surface area contributed by atoms with Crippen LogP contribution in [0.3, 0.4) is 0 Å². The smallest absolute Gasteiger partial charge is 0.280 e. The molecule has 1 atom stereocenters. The standard InChI is InChI=1S/C11H15N3O2/c1-3-8(2)13-10-5-4-6-11(14(15)16)9(10)7-12/h4-8,12-13H,3H2,1-2H3. The van der Waals surface area contributed by atoms with Crippen LogP contribution in [0.15, 0.2) is 18.2 Å². The molecule has 1 rings (SSSR count). The molecule has 0 radical (unpaired) electrons. The predicted octanol–water partition coefficient (Wildman–Crippen LogP) is 2.80. The summed E-state index contributed by atoms with van der Waals surface area (Å²) in [5.41, 5.74) is 0.926. The van der Waals surface area contributed by atoms with Crippen molar-refractivity contribution in [2.45, 2.75) is 26.3 Å². The van der Waals surface area contributed by atoms with Gasteiger partial charge in [0.05, 0.1) is 16.2 Å². The summed E-state index contributed by atoms with van der Waals surface area (Å²) in [5.74, 6) is 0. The fourth-order valence-electron chi connectivity index (χ4n) is 1.36. The molecule has 0 aliphatic rings. The van der Waals surface area contributed by atoms with Gasteiger partial charge >= 0.3 is 0 Å². The van der Waals surface area contributed by atoms with Gasteiger partial charge in [-0.2, -0.15) is 0 Å². The zero-order valence-corrected chi connectivity index (χ0v) is 9.36. The quantitative estimate of drug-likeness (QED) is 0.456. The molecule has 0 heterocycles. The van der Waals surface area contributed by atoms with E-state index in [0.717, 1.165) is 12.6 Å². The highest BCUT2D eigenvalue weighted by Gasteiger charge is 2.15. The van der Waals surface area contributed by atoms with E-state index >= 15 is 0 Å². The van der Waals surface area contributed by atoms with E-state index in [0.29, 0.717) is 11.3 Å². The number of nitrogens with one attached hydrogen (secondary N) is 2. The third kappa shape index (κ3) is 2.56. The molecule has 0 fully saturated rings. The van der Waals surface area contributed by atoms with E-state index in [4.69, 9.17) is 5.41 Å². The number of nitro groups is 1. The Morgan fingerprint density at radius 1 is 1.62 bits per heavy atom. The van der Waals surface area contributed by atoms with E-state index in [2.05, 4.69) is 5.32 Å². The Morgan fingerprint density at radius 2 is 2.31 bits per heavy atom. The van der Waals surface area contributed by atoms with Crippen molar-refractivity contribution in [3.05, 3.63) is 33.9 Å². The Labute approximate surface area is 94.1 Å². The lowest BCUT2D eigenvalue weighted by Gasteiger charge is -2.14. The molecule has 0 aliphatic carbocycles. The molecule has 1 unspecified atom stereocenters. The number of nitro benzene ring substituents is 1. The van der Waals surface area contributed by atoms with Gasteiger partial charge < -0.3 is 10.7 Å². The first-order valence-electron chi connectivity index (χ1n) is 5.14. The zero-order valence-electron chi connectivity index (χ0n) is 9.36. The Bertz CT molecular complexity index is 404. The first-order chi connectivity index (χ1) is 7.60. The summed E-state index contributed by atoms with van der Waals surface area (Å²) < 4.78 is 0. The van der Waals surface area contributed by atoms with Crippen molar-refractivity contribution in [2.24, 2.45) is 0 Å². The van der Waals surface area contributed by atoms with Crippen LogP contribution in [0.2, 0.25) is 0 Å². The van der Waals surface area contributed by atoms with E-state index in [1.54, 1.807) is 12.1 Å². The Hall–Kier alpha value is -1.91. The molecular formula is C11H15N3O2. The summed E-state index contributed by atoms with van der Waals surface area (Å²) in [6.45, 7) is 4.02. The SMILES string of the molecule is CCC(C)Nc1cccc([N+](=O)[O-])c1C=N. The van der Waals surface area contributed by atoms with Gasteiger partial charge in [-0.3, -0.25) is 10.1 Å². The van der Waals surface area contributed by atoms with Crippen molar-refractivity contribution in [1.29, 1.82) is 5.41 Å². The molecule has 5 heteroatoms. The van der Waals surface area contributed by atoms with Gasteiger partial charge in [0.2, 0.25) is 0 Å². The number of hydrogen-bond donors (Lipinski definition) is 2. The lowest BCUT2D eigenvalue weighted by Crippen LogP contribution is -2.15. The number of nitrogens with zero attached hydrogens (tertiary/aromatic N) is 1. The van der Waals surface area contributed by atoms with Gasteiger partial charge in [0.15, 0.2) is 0 Å². The fourth-order valence-corrected chi connectivity index (χ4v) is 1.36. The molecule has 1 aromatic rings. The number of anilines is 1. The van der Waals surface area contributed by atoms with Crippen molar-refractivity contribution in [1.82, 2.24) is 0 Å². The van der Waals surface area contributed by atoms with Gasteiger partial charge in [-0.15, -0.1) is 0 Å². The van der Waals surface area contributed by atoms with Crippen LogP contribution in [0, 0.1) is 15.5 Å². The third-order valence-electron chi connectivity index (χ3n) is 2.44. The first kappa shape index (κ1) is 12.2. The average Bonchev–Trinajstić information content (AvgIpc) is 2.28. The van der Waals surface area contributed by atoms with Crippen molar-refractivity contribution in [3.63, 3.8) is 0 Å². The number of hydrogen-bond acceptors (Lipinski definition) is 4. The van der Waals surface area contributed by atoms with Gasteiger partial charge in [-0.25, -0.2) is 0 Å². The second-order valence-corrected chi connectivity index (χ2v) is 3.59. The first-order valence-corrected chi connectivity index (χ1v) is 5.14. The molecule has 0 saturated carbocycles. The zero-order chi connectivity index (χ0) is 12.1. The molecule has 0 spiro atoms. The summed E-state index contributed by atoms with van der Waals surface area (Å²) in [7, 11) is 0. The van der Waals surface area contributed by atoms with Crippen LogP contribution in [0.4, 0.5) is 11.4 Å². The minimum absolute atomic E-state index is 0.0386. The van der Waals surface area contributed by atoms with E-state index in [1.807, 2.05) is 13.8 Å². The van der Waals surface area contributed by atoms with Crippen LogP contribution in [0.25, 0.3) is 0 Å². The maximum Gasteiger partial charge on any atom is 0.280 e. The van der Waals surface area contributed by atoms with E-state index < -0.39 is 4.92 Å². The molecule has 5 nitrogen and oxygen atoms in total. The molecule has 0 saturated heterocycles.